The van der Waals surface area contributed by atoms with Gasteiger partial charge in [0, 0.05) is 19.1 Å². The Morgan fingerprint density at radius 3 is 2.83 bits per heavy atom. The van der Waals surface area contributed by atoms with Gasteiger partial charge in [-0.05, 0) is 32.6 Å². The normalized spacial score (nSPS) is 27.8. The number of aliphatic carboxylic acids is 1. The lowest BCUT2D eigenvalue weighted by Crippen LogP contribution is -2.46. The molecule has 0 aromatic heterocycles. The molecular weight excluding hydrogens is 232 g/mol. The van der Waals surface area contributed by atoms with Crippen molar-refractivity contribution in [1.82, 2.24) is 10.2 Å². The smallest absolute Gasteiger partial charge is 0.317 e. The third-order valence-corrected chi connectivity index (χ3v) is 3.73. The molecule has 1 heterocycles. The molecule has 0 bridgehead atoms. The molecule has 2 amide bonds. The van der Waals surface area contributed by atoms with Crippen molar-refractivity contribution in [3.05, 3.63) is 11.6 Å². The molecule has 0 aromatic carbocycles. The maximum Gasteiger partial charge on any atom is 0.317 e. The van der Waals surface area contributed by atoms with Gasteiger partial charge in [-0.25, -0.2) is 4.79 Å². The highest BCUT2D eigenvalue weighted by atomic mass is 16.4. The molecule has 5 heteroatoms. The van der Waals surface area contributed by atoms with Crippen molar-refractivity contribution in [3.8, 4) is 0 Å². The van der Waals surface area contributed by atoms with Crippen LogP contribution in [-0.4, -0.2) is 41.1 Å². The molecule has 5 nitrogen and oxygen atoms in total. The Hall–Kier alpha value is -1.52. The van der Waals surface area contributed by atoms with Gasteiger partial charge in [-0.1, -0.05) is 11.6 Å². The van der Waals surface area contributed by atoms with E-state index in [1.807, 2.05) is 6.92 Å². The van der Waals surface area contributed by atoms with Crippen LogP contribution in [0.1, 0.15) is 32.6 Å². The molecule has 1 saturated carbocycles. The maximum absolute atomic E-state index is 12.0. The standard InChI is InChI=1S/C13H20N2O3/c1-9-3-2-6-15(8-9)13(18)14-11-5-4-10(7-11)12(16)17/h3,10-11H,2,4-8H2,1H3,(H,14,18)(H,16,17). The molecule has 18 heavy (non-hydrogen) atoms. The SMILES string of the molecule is CC1=CCCN(C(=O)NC2CCC(C(=O)O)C2)C1. The van der Waals surface area contributed by atoms with Crippen LogP contribution >= 0.6 is 0 Å². The average molecular weight is 252 g/mol. The first-order valence-corrected chi connectivity index (χ1v) is 6.50. The Morgan fingerprint density at radius 2 is 2.22 bits per heavy atom. The van der Waals surface area contributed by atoms with E-state index in [0.717, 1.165) is 19.4 Å². The van der Waals surface area contributed by atoms with Crippen molar-refractivity contribution < 1.29 is 14.7 Å². The molecule has 0 saturated heterocycles. The van der Waals surface area contributed by atoms with Crippen LogP contribution in [0.2, 0.25) is 0 Å². The van der Waals surface area contributed by atoms with Crippen molar-refractivity contribution in [2.45, 2.75) is 38.6 Å². The minimum atomic E-state index is -0.747. The van der Waals surface area contributed by atoms with Crippen LogP contribution in [-0.2, 0) is 4.79 Å². The summed E-state index contributed by atoms with van der Waals surface area (Å²) in [5.74, 6) is -1.04. The Morgan fingerprint density at radius 1 is 1.44 bits per heavy atom. The zero-order valence-corrected chi connectivity index (χ0v) is 10.7. The number of nitrogens with one attached hydrogen (secondary N) is 1. The van der Waals surface area contributed by atoms with Crippen LogP contribution in [0.15, 0.2) is 11.6 Å². The van der Waals surface area contributed by atoms with E-state index in [2.05, 4.69) is 11.4 Å². The molecule has 2 rings (SSSR count). The van der Waals surface area contributed by atoms with Gasteiger partial charge in [0.05, 0.1) is 5.92 Å². The highest BCUT2D eigenvalue weighted by Gasteiger charge is 2.31. The van der Waals surface area contributed by atoms with Crippen molar-refractivity contribution in [1.29, 1.82) is 0 Å². The second kappa shape index (κ2) is 5.42. The van der Waals surface area contributed by atoms with Crippen LogP contribution in [0.3, 0.4) is 0 Å². The minimum absolute atomic E-state index is 0.0183. The fourth-order valence-corrected chi connectivity index (χ4v) is 2.69. The minimum Gasteiger partial charge on any atom is -0.481 e. The van der Waals surface area contributed by atoms with E-state index >= 15 is 0 Å². The fraction of sp³-hybridized carbons (Fsp3) is 0.692. The summed E-state index contributed by atoms with van der Waals surface area (Å²) < 4.78 is 0. The highest BCUT2D eigenvalue weighted by Crippen LogP contribution is 2.25. The van der Waals surface area contributed by atoms with Crippen molar-refractivity contribution in [2.24, 2.45) is 5.92 Å². The zero-order chi connectivity index (χ0) is 13.1. The second-order valence-corrected chi connectivity index (χ2v) is 5.26. The van der Waals surface area contributed by atoms with Gasteiger partial charge in [-0.3, -0.25) is 4.79 Å². The van der Waals surface area contributed by atoms with Gasteiger partial charge in [0.25, 0.3) is 0 Å². The molecule has 1 fully saturated rings. The lowest BCUT2D eigenvalue weighted by molar-refractivity contribution is -0.141. The number of hydrogen-bond acceptors (Lipinski definition) is 2. The molecule has 1 aliphatic carbocycles. The zero-order valence-electron chi connectivity index (χ0n) is 10.7. The number of hydrogen-bond donors (Lipinski definition) is 2. The van der Waals surface area contributed by atoms with Crippen molar-refractivity contribution in [2.75, 3.05) is 13.1 Å². The summed E-state index contributed by atoms with van der Waals surface area (Å²) in [7, 11) is 0. The molecular formula is C13H20N2O3. The quantitative estimate of drug-likeness (QED) is 0.733. The van der Waals surface area contributed by atoms with Gasteiger partial charge in [0.15, 0.2) is 0 Å². The molecule has 2 N–H and O–H groups in total. The monoisotopic (exact) mass is 252 g/mol. The summed E-state index contributed by atoms with van der Waals surface area (Å²) in [4.78, 5) is 24.7. The van der Waals surface area contributed by atoms with Crippen LogP contribution in [0.5, 0.6) is 0 Å². The first-order chi connectivity index (χ1) is 8.56. The summed E-state index contributed by atoms with van der Waals surface area (Å²) in [6.45, 7) is 3.45. The summed E-state index contributed by atoms with van der Waals surface area (Å²) in [5, 5.41) is 11.9. The highest BCUT2D eigenvalue weighted by molar-refractivity contribution is 5.75. The van der Waals surface area contributed by atoms with E-state index in [4.69, 9.17) is 5.11 Å². The number of amides is 2. The number of urea groups is 1. The van der Waals surface area contributed by atoms with Gasteiger partial charge in [0.1, 0.15) is 0 Å². The van der Waals surface area contributed by atoms with E-state index in [-0.39, 0.29) is 18.0 Å². The number of carbonyl (C=O) groups excluding carboxylic acids is 1. The van der Waals surface area contributed by atoms with Crippen LogP contribution in [0, 0.1) is 5.92 Å². The van der Waals surface area contributed by atoms with Gasteiger partial charge in [0.2, 0.25) is 0 Å². The van der Waals surface area contributed by atoms with Crippen molar-refractivity contribution >= 4 is 12.0 Å². The van der Waals surface area contributed by atoms with Crippen LogP contribution in [0.25, 0.3) is 0 Å². The summed E-state index contributed by atoms with van der Waals surface area (Å²) >= 11 is 0. The summed E-state index contributed by atoms with van der Waals surface area (Å²) in [6.07, 6.45) is 5.05. The maximum atomic E-state index is 12.0. The van der Waals surface area contributed by atoms with E-state index in [9.17, 15) is 9.59 Å². The van der Waals surface area contributed by atoms with Crippen LogP contribution < -0.4 is 5.32 Å². The third kappa shape index (κ3) is 3.03. The number of carboxylic acids is 1. The predicted molar refractivity (Wildman–Crippen MR) is 67.2 cm³/mol. The van der Waals surface area contributed by atoms with Crippen molar-refractivity contribution in [3.63, 3.8) is 0 Å². The van der Waals surface area contributed by atoms with E-state index in [1.54, 1.807) is 4.90 Å². The van der Waals surface area contributed by atoms with Gasteiger partial charge in [-0.2, -0.15) is 0 Å². The Kier molecular flexibility index (Phi) is 3.89. The summed E-state index contributed by atoms with van der Waals surface area (Å²) in [5.41, 5.74) is 1.21. The molecule has 100 valence electrons. The van der Waals surface area contributed by atoms with Gasteiger partial charge in [-0.15, -0.1) is 0 Å². The number of rotatable bonds is 2. The molecule has 0 spiro atoms. The number of carbonyl (C=O) groups is 2. The van der Waals surface area contributed by atoms with E-state index < -0.39 is 5.97 Å². The molecule has 0 aromatic rings. The number of nitrogens with zero attached hydrogens (tertiary/aromatic N) is 1. The predicted octanol–water partition coefficient (Wildman–Crippen LogP) is 1.60. The molecule has 2 atom stereocenters. The van der Waals surface area contributed by atoms with Gasteiger partial charge < -0.3 is 15.3 Å². The molecule has 0 radical (unpaired) electrons. The Labute approximate surface area is 107 Å². The Balaban J connectivity index is 1.82. The lowest BCUT2D eigenvalue weighted by atomic mass is 10.1. The molecule has 2 aliphatic rings. The van der Waals surface area contributed by atoms with E-state index in [1.165, 1.54) is 5.57 Å². The van der Waals surface area contributed by atoms with E-state index in [0.29, 0.717) is 19.4 Å². The van der Waals surface area contributed by atoms with Gasteiger partial charge >= 0.3 is 12.0 Å². The first-order valence-electron chi connectivity index (χ1n) is 6.50. The Bertz CT molecular complexity index is 378. The topological polar surface area (TPSA) is 69.6 Å². The number of carboxylic acid groups (broad SMARTS) is 1. The second-order valence-electron chi connectivity index (χ2n) is 5.26. The average Bonchev–Trinajstić information content (AvgIpc) is 2.77. The lowest BCUT2D eigenvalue weighted by Gasteiger charge is -2.28. The van der Waals surface area contributed by atoms with Crippen LogP contribution in [0.4, 0.5) is 4.79 Å². The summed E-state index contributed by atoms with van der Waals surface area (Å²) in [6, 6.07) is -0.0386. The molecule has 2 unspecified atom stereocenters. The first kappa shape index (κ1) is 12.9. The largest absolute Gasteiger partial charge is 0.481 e. The third-order valence-electron chi connectivity index (χ3n) is 3.73. The fourth-order valence-electron chi connectivity index (χ4n) is 2.69. The molecule has 1 aliphatic heterocycles.